The van der Waals surface area contributed by atoms with Gasteiger partial charge in [-0.25, -0.2) is 4.39 Å². The van der Waals surface area contributed by atoms with Gasteiger partial charge in [0.25, 0.3) is 0 Å². The van der Waals surface area contributed by atoms with Gasteiger partial charge in [0.2, 0.25) is 0 Å². The maximum Gasteiger partial charge on any atom is 0.123 e. The van der Waals surface area contributed by atoms with Crippen LogP contribution in [-0.4, -0.2) is 0 Å². The lowest BCUT2D eigenvalue weighted by molar-refractivity contribution is 0.630. The molecule has 0 aliphatic carbocycles. The highest BCUT2D eigenvalue weighted by atomic mass is 35.5. The summed E-state index contributed by atoms with van der Waals surface area (Å²) in [5.41, 5.74) is 8.46. The normalized spacial score (nSPS) is 11.9. The first kappa shape index (κ1) is 16.7. The second-order valence-electron chi connectivity index (χ2n) is 5.01. The number of rotatable bonds is 4. The van der Waals surface area contributed by atoms with Crippen molar-refractivity contribution >= 4 is 33.8 Å². The van der Waals surface area contributed by atoms with Crippen molar-refractivity contribution in [1.82, 2.24) is 0 Å². The third kappa shape index (κ3) is 3.22. The van der Waals surface area contributed by atoms with Gasteiger partial charge in [0, 0.05) is 15.6 Å². The molecule has 1 heterocycles. The van der Waals surface area contributed by atoms with E-state index in [1.54, 1.807) is 17.4 Å². The molecule has 4 heteroatoms. The highest BCUT2D eigenvalue weighted by molar-refractivity contribution is 7.22. The minimum Gasteiger partial charge on any atom is -0.324 e. The second-order valence-corrected chi connectivity index (χ2v) is 6.09. The van der Waals surface area contributed by atoms with Gasteiger partial charge >= 0.3 is 0 Å². The van der Waals surface area contributed by atoms with Crippen LogP contribution >= 0.6 is 23.7 Å². The minimum absolute atomic E-state index is 0. The molecule has 0 radical (unpaired) electrons. The maximum absolute atomic E-state index is 13.3. The van der Waals surface area contributed by atoms with Gasteiger partial charge in [-0.3, -0.25) is 0 Å². The third-order valence-corrected chi connectivity index (χ3v) is 4.67. The SMILES string of the molecule is C=CCC(N)c1ccccc1-c1cc2cc(F)ccc2s1.Cl. The lowest BCUT2D eigenvalue weighted by Crippen LogP contribution is -2.10. The van der Waals surface area contributed by atoms with Crippen molar-refractivity contribution in [3.8, 4) is 10.4 Å². The Hall–Kier alpha value is -1.68. The highest BCUT2D eigenvalue weighted by Crippen LogP contribution is 2.37. The topological polar surface area (TPSA) is 26.0 Å². The summed E-state index contributed by atoms with van der Waals surface area (Å²) in [4.78, 5) is 1.12. The molecule has 0 amide bonds. The van der Waals surface area contributed by atoms with Crippen LogP contribution in [-0.2, 0) is 0 Å². The molecular weight excluding hydrogens is 317 g/mol. The van der Waals surface area contributed by atoms with Crippen LogP contribution in [0.3, 0.4) is 0 Å². The monoisotopic (exact) mass is 333 g/mol. The Balaban J connectivity index is 0.00000176. The number of nitrogens with two attached hydrogens (primary N) is 1. The summed E-state index contributed by atoms with van der Waals surface area (Å²) >= 11 is 1.66. The first-order valence-corrected chi connectivity index (χ1v) is 7.65. The van der Waals surface area contributed by atoms with E-state index in [0.29, 0.717) is 0 Å². The van der Waals surface area contributed by atoms with Gasteiger partial charge in [-0.05, 0) is 47.2 Å². The van der Waals surface area contributed by atoms with E-state index in [1.165, 1.54) is 6.07 Å². The third-order valence-electron chi connectivity index (χ3n) is 3.52. The van der Waals surface area contributed by atoms with E-state index >= 15 is 0 Å². The van der Waals surface area contributed by atoms with Gasteiger partial charge in [-0.2, -0.15) is 0 Å². The van der Waals surface area contributed by atoms with E-state index in [9.17, 15) is 4.39 Å². The number of thiophene rings is 1. The average Bonchev–Trinajstić information content (AvgIpc) is 2.90. The number of halogens is 2. The fourth-order valence-electron chi connectivity index (χ4n) is 2.50. The largest absolute Gasteiger partial charge is 0.324 e. The van der Waals surface area contributed by atoms with Crippen molar-refractivity contribution in [2.45, 2.75) is 12.5 Å². The van der Waals surface area contributed by atoms with Gasteiger partial charge in [0.05, 0.1) is 0 Å². The summed E-state index contributed by atoms with van der Waals surface area (Å²) in [6.45, 7) is 3.75. The molecule has 0 spiro atoms. The van der Waals surface area contributed by atoms with Crippen LogP contribution in [0.4, 0.5) is 4.39 Å². The Morgan fingerprint density at radius 1 is 1.18 bits per heavy atom. The van der Waals surface area contributed by atoms with Crippen molar-refractivity contribution < 1.29 is 4.39 Å². The molecule has 2 N–H and O–H groups in total. The van der Waals surface area contributed by atoms with Crippen molar-refractivity contribution in [1.29, 1.82) is 0 Å². The van der Waals surface area contributed by atoms with Crippen molar-refractivity contribution in [2.75, 3.05) is 0 Å². The number of hydrogen-bond donors (Lipinski definition) is 1. The van der Waals surface area contributed by atoms with Crippen LogP contribution in [0.1, 0.15) is 18.0 Å². The Kier molecular flexibility index (Phi) is 5.35. The zero-order chi connectivity index (χ0) is 14.8. The standard InChI is InChI=1S/C18H16FNS.ClH/c1-2-5-16(20)14-6-3-4-7-15(14)18-11-12-10-13(19)8-9-17(12)21-18;/h2-4,6-11,16H,1,5,20H2;1H. The molecule has 0 bridgehead atoms. The number of fused-ring (bicyclic) bond motifs is 1. The summed E-state index contributed by atoms with van der Waals surface area (Å²) in [6, 6.07) is 15.0. The zero-order valence-electron chi connectivity index (χ0n) is 12.0. The molecule has 0 aliphatic heterocycles. The molecule has 1 aromatic heterocycles. The zero-order valence-corrected chi connectivity index (χ0v) is 13.6. The molecule has 1 atom stereocenters. The predicted molar refractivity (Wildman–Crippen MR) is 96.2 cm³/mol. The summed E-state index contributed by atoms with van der Waals surface area (Å²) in [5.74, 6) is -0.205. The number of hydrogen-bond acceptors (Lipinski definition) is 2. The summed E-state index contributed by atoms with van der Waals surface area (Å²) < 4.78 is 14.4. The Morgan fingerprint density at radius 3 is 2.73 bits per heavy atom. The Labute approximate surface area is 139 Å². The molecule has 3 aromatic rings. The van der Waals surface area contributed by atoms with Gasteiger partial charge in [0.15, 0.2) is 0 Å². The van der Waals surface area contributed by atoms with Crippen molar-refractivity contribution in [3.63, 3.8) is 0 Å². The van der Waals surface area contributed by atoms with Crippen LogP contribution in [0, 0.1) is 5.82 Å². The summed E-state index contributed by atoms with van der Waals surface area (Å²) in [7, 11) is 0. The molecule has 0 saturated carbocycles. The summed E-state index contributed by atoms with van der Waals surface area (Å²) in [6.07, 6.45) is 2.57. The highest BCUT2D eigenvalue weighted by Gasteiger charge is 2.13. The van der Waals surface area contributed by atoms with E-state index in [0.717, 1.165) is 32.5 Å². The van der Waals surface area contributed by atoms with Crippen LogP contribution in [0.15, 0.2) is 61.2 Å². The van der Waals surface area contributed by atoms with Gasteiger partial charge < -0.3 is 5.73 Å². The molecule has 114 valence electrons. The Bertz CT molecular complexity index is 797. The minimum atomic E-state index is -0.205. The van der Waals surface area contributed by atoms with E-state index in [1.807, 2.05) is 30.3 Å². The van der Waals surface area contributed by atoms with Crippen LogP contribution in [0.25, 0.3) is 20.5 Å². The van der Waals surface area contributed by atoms with Gasteiger partial charge in [0.1, 0.15) is 5.82 Å². The van der Waals surface area contributed by atoms with E-state index < -0.39 is 0 Å². The Morgan fingerprint density at radius 2 is 1.95 bits per heavy atom. The van der Waals surface area contributed by atoms with Crippen LogP contribution in [0.2, 0.25) is 0 Å². The molecule has 0 fully saturated rings. The fourth-order valence-corrected chi connectivity index (χ4v) is 3.59. The van der Waals surface area contributed by atoms with E-state index in [4.69, 9.17) is 5.73 Å². The van der Waals surface area contributed by atoms with E-state index in [2.05, 4.69) is 18.7 Å². The van der Waals surface area contributed by atoms with Crippen LogP contribution < -0.4 is 5.73 Å². The van der Waals surface area contributed by atoms with Gasteiger partial charge in [-0.15, -0.1) is 30.3 Å². The van der Waals surface area contributed by atoms with Crippen molar-refractivity contribution in [3.05, 3.63) is 72.6 Å². The average molecular weight is 334 g/mol. The lowest BCUT2D eigenvalue weighted by atomic mass is 9.97. The fraction of sp³-hybridized carbons (Fsp3) is 0.111. The lowest BCUT2D eigenvalue weighted by Gasteiger charge is -2.14. The summed E-state index contributed by atoms with van der Waals surface area (Å²) in [5, 5.41) is 0.932. The molecule has 1 unspecified atom stereocenters. The molecule has 3 rings (SSSR count). The van der Waals surface area contributed by atoms with E-state index in [-0.39, 0.29) is 24.3 Å². The molecular formula is C18H17ClFNS. The molecule has 1 nitrogen and oxygen atoms in total. The molecule has 0 aliphatic rings. The smallest absolute Gasteiger partial charge is 0.123 e. The van der Waals surface area contributed by atoms with Gasteiger partial charge in [-0.1, -0.05) is 30.3 Å². The quantitative estimate of drug-likeness (QED) is 0.608. The first-order valence-electron chi connectivity index (χ1n) is 6.84. The second kappa shape index (κ2) is 7.05. The first-order chi connectivity index (χ1) is 10.2. The molecule has 0 saturated heterocycles. The van der Waals surface area contributed by atoms with Crippen molar-refractivity contribution in [2.24, 2.45) is 5.73 Å². The number of benzene rings is 2. The van der Waals surface area contributed by atoms with Crippen LogP contribution in [0.5, 0.6) is 0 Å². The molecule has 22 heavy (non-hydrogen) atoms. The maximum atomic E-state index is 13.3. The predicted octanol–water partition coefficient (Wildman–Crippen LogP) is 5.71. The molecule has 2 aromatic carbocycles.